The molecule has 0 saturated heterocycles. The Morgan fingerprint density at radius 2 is 2.15 bits per heavy atom. The van der Waals surface area contributed by atoms with Gasteiger partial charge in [0.2, 0.25) is 10.0 Å². The fourth-order valence-electron chi connectivity index (χ4n) is 0.589. The van der Waals surface area contributed by atoms with Crippen LogP contribution in [0.2, 0.25) is 0 Å². The molecule has 0 aliphatic carbocycles. The van der Waals surface area contributed by atoms with Crippen molar-refractivity contribution in [2.75, 3.05) is 31.9 Å². The van der Waals surface area contributed by atoms with E-state index < -0.39 is 10.0 Å². The molecule has 0 aromatic carbocycles. The maximum Gasteiger partial charge on any atom is 0.213 e. The van der Waals surface area contributed by atoms with E-state index >= 15 is 0 Å². The van der Waals surface area contributed by atoms with E-state index in [1.54, 1.807) is 0 Å². The SMILES string of the molecule is COCCS(=O)(=O)NCC(C)CCl. The lowest BCUT2D eigenvalue weighted by Crippen LogP contribution is -2.32. The summed E-state index contributed by atoms with van der Waals surface area (Å²) in [6, 6.07) is 0. The number of nitrogens with one attached hydrogen (secondary N) is 1. The van der Waals surface area contributed by atoms with Crippen molar-refractivity contribution < 1.29 is 13.2 Å². The van der Waals surface area contributed by atoms with Crippen LogP contribution >= 0.6 is 11.6 Å². The molecule has 0 rings (SSSR count). The lowest BCUT2D eigenvalue weighted by molar-refractivity contribution is 0.217. The van der Waals surface area contributed by atoms with Gasteiger partial charge in [-0.3, -0.25) is 0 Å². The van der Waals surface area contributed by atoms with Crippen molar-refractivity contribution in [3.63, 3.8) is 0 Å². The van der Waals surface area contributed by atoms with Gasteiger partial charge in [0.1, 0.15) is 0 Å². The molecule has 1 atom stereocenters. The predicted octanol–water partition coefficient (Wildman–Crippen LogP) is 0.427. The summed E-state index contributed by atoms with van der Waals surface area (Å²) >= 11 is 5.53. The Morgan fingerprint density at radius 1 is 1.54 bits per heavy atom. The van der Waals surface area contributed by atoms with E-state index in [-0.39, 0.29) is 18.3 Å². The summed E-state index contributed by atoms with van der Waals surface area (Å²) in [6.45, 7) is 2.48. The van der Waals surface area contributed by atoms with Crippen LogP contribution in [0.3, 0.4) is 0 Å². The summed E-state index contributed by atoms with van der Waals surface area (Å²) in [6.07, 6.45) is 0. The van der Waals surface area contributed by atoms with Crippen molar-refractivity contribution in [1.29, 1.82) is 0 Å². The second-order valence-corrected chi connectivity index (χ2v) is 5.15. The molecule has 13 heavy (non-hydrogen) atoms. The minimum Gasteiger partial charge on any atom is -0.384 e. The van der Waals surface area contributed by atoms with Gasteiger partial charge < -0.3 is 4.74 Å². The molecule has 0 aliphatic rings. The summed E-state index contributed by atoms with van der Waals surface area (Å²) in [5, 5.41) is 0. The number of methoxy groups -OCH3 is 1. The molecule has 4 nitrogen and oxygen atoms in total. The van der Waals surface area contributed by atoms with Crippen LogP contribution in [0.1, 0.15) is 6.92 Å². The molecule has 0 saturated carbocycles. The van der Waals surface area contributed by atoms with Crippen molar-refractivity contribution in [1.82, 2.24) is 4.72 Å². The number of hydrogen-bond acceptors (Lipinski definition) is 3. The van der Waals surface area contributed by atoms with Gasteiger partial charge in [-0.05, 0) is 5.92 Å². The monoisotopic (exact) mass is 229 g/mol. The number of hydrogen-bond donors (Lipinski definition) is 1. The first kappa shape index (κ1) is 13.2. The molecule has 1 N–H and O–H groups in total. The topological polar surface area (TPSA) is 55.4 Å². The van der Waals surface area contributed by atoms with Gasteiger partial charge in [-0.1, -0.05) is 6.92 Å². The van der Waals surface area contributed by atoms with Crippen LogP contribution < -0.4 is 4.72 Å². The van der Waals surface area contributed by atoms with Crippen molar-refractivity contribution in [3.8, 4) is 0 Å². The summed E-state index contributed by atoms with van der Waals surface area (Å²) in [5.74, 6) is 0.602. The molecule has 0 bridgehead atoms. The minimum absolute atomic E-state index is 0.00148. The Kier molecular flexibility index (Phi) is 6.67. The Bertz CT molecular complexity index is 218. The van der Waals surface area contributed by atoms with E-state index in [9.17, 15) is 8.42 Å². The number of rotatable bonds is 7. The third kappa shape index (κ3) is 7.25. The van der Waals surface area contributed by atoms with Gasteiger partial charge in [0.25, 0.3) is 0 Å². The van der Waals surface area contributed by atoms with Gasteiger partial charge in [-0.25, -0.2) is 13.1 Å². The molecule has 0 aromatic heterocycles. The molecular formula is C7H16ClNO3S. The molecule has 0 spiro atoms. The van der Waals surface area contributed by atoms with E-state index in [1.165, 1.54) is 7.11 Å². The molecule has 6 heteroatoms. The van der Waals surface area contributed by atoms with Gasteiger partial charge in [0.15, 0.2) is 0 Å². The fraction of sp³-hybridized carbons (Fsp3) is 1.00. The second kappa shape index (κ2) is 6.59. The minimum atomic E-state index is -3.18. The highest BCUT2D eigenvalue weighted by molar-refractivity contribution is 7.89. The van der Waals surface area contributed by atoms with Crippen molar-refractivity contribution in [3.05, 3.63) is 0 Å². The molecular weight excluding hydrogens is 214 g/mol. The first-order valence-electron chi connectivity index (χ1n) is 4.04. The maximum atomic E-state index is 11.2. The van der Waals surface area contributed by atoms with Gasteiger partial charge in [0.05, 0.1) is 12.4 Å². The quantitative estimate of drug-likeness (QED) is 0.644. The first-order chi connectivity index (χ1) is 6.02. The van der Waals surface area contributed by atoms with E-state index in [2.05, 4.69) is 9.46 Å². The number of ether oxygens (including phenoxy) is 1. The number of halogens is 1. The summed E-state index contributed by atoms with van der Waals surface area (Å²) < 4.78 is 29.5. The van der Waals surface area contributed by atoms with Crippen LogP contribution in [-0.4, -0.2) is 40.3 Å². The zero-order valence-corrected chi connectivity index (χ0v) is 9.49. The molecule has 0 aromatic rings. The lowest BCUT2D eigenvalue weighted by Gasteiger charge is -2.09. The van der Waals surface area contributed by atoms with Gasteiger partial charge >= 0.3 is 0 Å². The fourth-order valence-corrected chi connectivity index (χ4v) is 1.77. The van der Waals surface area contributed by atoms with Crippen molar-refractivity contribution in [2.24, 2.45) is 5.92 Å². The van der Waals surface area contributed by atoms with Gasteiger partial charge in [0, 0.05) is 19.5 Å². The standard InChI is InChI=1S/C7H16ClNO3S/c1-7(5-8)6-9-13(10,11)4-3-12-2/h7,9H,3-6H2,1-2H3. The predicted molar refractivity (Wildman–Crippen MR) is 53.5 cm³/mol. The molecule has 0 amide bonds. The third-order valence-electron chi connectivity index (χ3n) is 1.47. The van der Waals surface area contributed by atoms with Gasteiger partial charge in [-0.2, -0.15) is 0 Å². The first-order valence-corrected chi connectivity index (χ1v) is 6.22. The van der Waals surface area contributed by atoms with Crippen LogP contribution in [0.4, 0.5) is 0 Å². The van der Waals surface area contributed by atoms with Crippen molar-refractivity contribution >= 4 is 21.6 Å². The van der Waals surface area contributed by atoms with E-state index in [0.29, 0.717) is 12.4 Å². The average molecular weight is 230 g/mol. The summed E-state index contributed by atoms with van der Waals surface area (Å²) in [5.41, 5.74) is 0. The molecule has 0 radical (unpaired) electrons. The largest absolute Gasteiger partial charge is 0.384 e. The summed E-state index contributed by atoms with van der Waals surface area (Å²) in [4.78, 5) is 0. The van der Waals surface area contributed by atoms with Crippen LogP contribution in [-0.2, 0) is 14.8 Å². The molecule has 80 valence electrons. The van der Waals surface area contributed by atoms with Crippen LogP contribution in [0.25, 0.3) is 0 Å². The normalized spacial score (nSPS) is 14.4. The van der Waals surface area contributed by atoms with Crippen molar-refractivity contribution in [2.45, 2.75) is 6.92 Å². The third-order valence-corrected chi connectivity index (χ3v) is 3.31. The lowest BCUT2D eigenvalue weighted by atomic mass is 10.2. The number of alkyl halides is 1. The highest BCUT2D eigenvalue weighted by Gasteiger charge is 2.10. The molecule has 1 unspecified atom stereocenters. The molecule has 0 fully saturated rings. The smallest absolute Gasteiger partial charge is 0.213 e. The Balaban J connectivity index is 3.76. The number of sulfonamides is 1. The molecule has 0 aliphatic heterocycles. The van der Waals surface area contributed by atoms with Crippen LogP contribution in [0, 0.1) is 5.92 Å². The van der Waals surface area contributed by atoms with E-state index in [4.69, 9.17) is 11.6 Å². The highest BCUT2D eigenvalue weighted by atomic mass is 35.5. The van der Waals surface area contributed by atoms with E-state index in [0.717, 1.165) is 0 Å². The molecule has 0 heterocycles. The van der Waals surface area contributed by atoms with E-state index in [1.807, 2.05) is 6.92 Å². The second-order valence-electron chi connectivity index (χ2n) is 2.92. The zero-order valence-electron chi connectivity index (χ0n) is 7.92. The maximum absolute atomic E-state index is 11.2. The Labute approximate surface area is 84.7 Å². The van der Waals surface area contributed by atoms with Crippen LogP contribution in [0.5, 0.6) is 0 Å². The average Bonchev–Trinajstić information content (AvgIpc) is 2.11. The summed E-state index contributed by atoms with van der Waals surface area (Å²) in [7, 11) is -1.71. The Hall–Kier alpha value is 0.160. The zero-order chi connectivity index (χ0) is 10.3. The van der Waals surface area contributed by atoms with Gasteiger partial charge in [-0.15, -0.1) is 11.6 Å². The Morgan fingerprint density at radius 3 is 2.62 bits per heavy atom. The highest BCUT2D eigenvalue weighted by Crippen LogP contribution is 1.96. The van der Waals surface area contributed by atoms with Crippen LogP contribution in [0.15, 0.2) is 0 Å².